The molecule has 0 saturated heterocycles. The van der Waals surface area contributed by atoms with Crippen molar-refractivity contribution < 1.29 is 28.6 Å². The Morgan fingerprint density at radius 1 is 0.276 bits per heavy atom. The monoisotopic (exact) mass is 1060 g/mol. The Bertz CT molecular complexity index is 1400. The second-order valence-corrected chi connectivity index (χ2v) is 22.0. The van der Waals surface area contributed by atoms with Gasteiger partial charge in [-0.15, -0.1) is 0 Å². The Morgan fingerprint density at radius 3 is 0.855 bits per heavy atom. The van der Waals surface area contributed by atoms with Crippen molar-refractivity contribution >= 4 is 17.9 Å². The van der Waals surface area contributed by atoms with Crippen LogP contribution in [0.1, 0.15) is 335 Å². The van der Waals surface area contributed by atoms with E-state index in [-0.39, 0.29) is 37.5 Å². The quantitative estimate of drug-likeness (QED) is 0.0261. The van der Waals surface area contributed by atoms with Crippen molar-refractivity contribution in [3.8, 4) is 0 Å². The zero-order valence-electron chi connectivity index (χ0n) is 50.5. The van der Waals surface area contributed by atoms with Gasteiger partial charge in [-0.25, -0.2) is 0 Å². The highest BCUT2D eigenvalue weighted by Gasteiger charge is 2.19. The highest BCUT2D eigenvalue weighted by atomic mass is 16.6. The van der Waals surface area contributed by atoms with Crippen LogP contribution in [0.5, 0.6) is 0 Å². The molecule has 0 spiro atoms. The molecule has 0 N–H and O–H groups in total. The van der Waals surface area contributed by atoms with Crippen LogP contribution < -0.4 is 0 Å². The van der Waals surface area contributed by atoms with E-state index in [4.69, 9.17) is 14.2 Å². The van der Waals surface area contributed by atoms with Crippen molar-refractivity contribution in [2.45, 2.75) is 341 Å². The van der Waals surface area contributed by atoms with E-state index >= 15 is 0 Å². The van der Waals surface area contributed by atoms with Crippen LogP contribution in [0.2, 0.25) is 0 Å². The molecule has 0 aliphatic carbocycles. The topological polar surface area (TPSA) is 78.9 Å². The highest BCUT2D eigenvalue weighted by molar-refractivity contribution is 5.71. The van der Waals surface area contributed by atoms with Gasteiger partial charge in [-0.05, 0) is 83.5 Å². The fraction of sp³-hybridized carbons (Fsp3) is 0.786. The summed E-state index contributed by atoms with van der Waals surface area (Å²) in [6, 6.07) is 0. The van der Waals surface area contributed by atoms with E-state index in [9.17, 15) is 14.4 Å². The minimum Gasteiger partial charge on any atom is -0.462 e. The molecule has 0 aliphatic heterocycles. The average Bonchev–Trinajstić information content (AvgIpc) is 3.42. The van der Waals surface area contributed by atoms with Crippen molar-refractivity contribution in [1.82, 2.24) is 0 Å². The summed E-state index contributed by atoms with van der Waals surface area (Å²) in [5.41, 5.74) is 0. The lowest BCUT2D eigenvalue weighted by Crippen LogP contribution is -2.30. The minimum absolute atomic E-state index is 0.0943. The van der Waals surface area contributed by atoms with Gasteiger partial charge >= 0.3 is 17.9 Å². The van der Waals surface area contributed by atoms with Crippen LogP contribution in [0.3, 0.4) is 0 Å². The van der Waals surface area contributed by atoms with E-state index in [2.05, 4.69) is 93.7 Å². The Morgan fingerprint density at radius 2 is 0.526 bits per heavy atom. The summed E-state index contributed by atoms with van der Waals surface area (Å²) in [7, 11) is 0. The third-order valence-electron chi connectivity index (χ3n) is 14.4. The van der Waals surface area contributed by atoms with E-state index in [0.29, 0.717) is 19.3 Å². The number of carbonyl (C=O) groups is 3. The predicted octanol–water partition coefficient (Wildman–Crippen LogP) is 22.5. The molecular formula is C70H124O6. The van der Waals surface area contributed by atoms with Gasteiger partial charge in [0.15, 0.2) is 6.10 Å². The molecule has 0 aliphatic rings. The standard InChI is InChI=1S/C70H124O6/c1-4-7-10-13-16-19-22-25-28-30-31-32-33-34-35-36-37-38-39-41-42-45-48-51-54-57-60-63-69(72)75-66-67(65-74-68(71)62-59-56-53-50-47-44-27-24-21-18-15-12-9-6-3)76-70(73)64-61-58-55-52-49-46-43-40-29-26-23-20-17-14-11-8-5-2/h8,11,17,20,26,29-31,43,46,52,55,67H,4-7,9-10,12-16,18-19,21-25,27-28,32-42,44-45,47-51,53-54,56-66H2,1-3H3/b11-8-,20-17-,29-26-,31-30-,46-43-,55-52-. The fourth-order valence-electron chi connectivity index (χ4n) is 9.54. The van der Waals surface area contributed by atoms with E-state index < -0.39 is 6.10 Å². The number of hydrogen-bond acceptors (Lipinski definition) is 6. The van der Waals surface area contributed by atoms with Crippen molar-refractivity contribution in [2.24, 2.45) is 0 Å². The Kier molecular flexibility index (Phi) is 61.7. The SMILES string of the molecule is CC/C=C\C/C=C\C/C=C\C/C=C\C/C=C\CCCC(=O)OC(COC(=O)CCCCCCCCCCCCCCCC)COC(=O)CCCCCCCCCCCCCCCCC/C=C\CCCCCCCCCC. The second kappa shape index (κ2) is 64.4. The molecule has 0 rings (SSSR count). The Balaban J connectivity index is 4.29. The number of allylic oxidation sites excluding steroid dienone is 12. The second-order valence-electron chi connectivity index (χ2n) is 22.0. The normalized spacial score (nSPS) is 12.5. The van der Waals surface area contributed by atoms with Crippen molar-refractivity contribution in [2.75, 3.05) is 13.2 Å². The molecule has 76 heavy (non-hydrogen) atoms. The molecule has 1 atom stereocenters. The molecule has 0 aromatic rings. The summed E-state index contributed by atoms with van der Waals surface area (Å²) < 4.78 is 16.9. The molecule has 0 bridgehead atoms. The van der Waals surface area contributed by atoms with Gasteiger partial charge in [-0.1, -0.05) is 306 Å². The predicted molar refractivity (Wildman–Crippen MR) is 330 cm³/mol. The molecule has 1 unspecified atom stereocenters. The van der Waals surface area contributed by atoms with Crippen LogP contribution in [-0.2, 0) is 28.6 Å². The van der Waals surface area contributed by atoms with E-state index in [1.807, 2.05) is 0 Å². The summed E-state index contributed by atoms with van der Waals surface area (Å²) in [5, 5.41) is 0. The summed E-state index contributed by atoms with van der Waals surface area (Å²) in [5.74, 6) is -0.936. The minimum atomic E-state index is -0.804. The van der Waals surface area contributed by atoms with Gasteiger partial charge in [-0.3, -0.25) is 14.4 Å². The first-order valence-electron chi connectivity index (χ1n) is 32.9. The number of esters is 3. The number of unbranched alkanes of at least 4 members (excludes halogenated alkanes) is 37. The molecule has 0 aromatic heterocycles. The maximum Gasteiger partial charge on any atom is 0.306 e. The smallest absolute Gasteiger partial charge is 0.306 e. The Hall–Kier alpha value is -3.15. The largest absolute Gasteiger partial charge is 0.462 e. The fourth-order valence-corrected chi connectivity index (χ4v) is 9.54. The average molecular weight is 1060 g/mol. The van der Waals surface area contributed by atoms with Gasteiger partial charge in [0.25, 0.3) is 0 Å². The molecule has 6 heteroatoms. The van der Waals surface area contributed by atoms with Crippen LogP contribution in [0.25, 0.3) is 0 Å². The molecule has 0 fully saturated rings. The third kappa shape index (κ3) is 61.7. The molecular weight excluding hydrogens is 937 g/mol. The summed E-state index contributed by atoms with van der Waals surface area (Å²) in [4.78, 5) is 38.3. The van der Waals surface area contributed by atoms with Crippen LogP contribution in [0.4, 0.5) is 0 Å². The van der Waals surface area contributed by atoms with Gasteiger partial charge in [-0.2, -0.15) is 0 Å². The van der Waals surface area contributed by atoms with Crippen molar-refractivity contribution in [3.63, 3.8) is 0 Å². The van der Waals surface area contributed by atoms with Gasteiger partial charge in [0.1, 0.15) is 13.2 Å². The first-order chi connectivity index (χ1) is 37.5. The van der Waals surface area contributed by atoms with Crippen LogP contribution >= 0.6 is 0 Å². The number of hydrogen-bond donors (Lipinski definition) is 0. The van der Waals surface area contributed by atoms with Gasteiger partial charge < -0.3 is 14.2 Å². The first-order valence-corrected chi connectivity index (χ1v) is 32.9. The molecule has 0 heterocycles. The number of carbonyl (C=O) groups excluding carboxylic acids is 3. The van der Waals surface area contributed by atoms with E-state index in [0.717, 1.165) is 77.0 Å². The van der Waals surface area contributed by atoms with E-state index in [1.165, 1.54) is 212 Å². The van der Waals surface area contributed by atoms with Gasteiger partial charge in [0, 0.05) is 19.3 Å². The lowest BCUT2D eigenvalue weighted by molar-refractivity contribution is -0.167. The molecule has 440 valence electrons. The zero-order valence-corrected chi connectivity index (χ0v) is 50.5. The molecule has 0 amide bonds. The lowest BCUT2D eigenvalue weighted by Gasteiger charge is -2.18. The number of rotatable bonds is 60. The Labute approximate surface area is 472 Å². The van der Waals surface area contributed by atoms with Crippen LogP contribution in [-0.4, -0.2) is 37.2 Å². The molecule has 0 aromatic carbocycles. The summed E-state index contributed by atoms with van der Waals surface area (Å²) in [6.07, 6.45) is 83.6. The first kappa shape index (κ1) is 72.8. The highest BCUT2D eigenvalue weighted by Crippen LogP contribution is 2.17. The molecule has 6 nitrogen and oxygen atoms in total. The molecule has 0 saturated carbocycles. The summed E-state index contributed by atoms with van der Waals surface area (Å²) in [6.45, 7) is 6.52. The molecule has 0 radical (unpaired) electrons. The van der Waals surface area contributed by atoms with Gasteiger partial charge in [0.05, 0.1) is 0 Å². The maximum atomic E-state index is 12.9. The van der Waals surface area contributed by atoms with Gasteiger partial charge in [0.2, 0.25) is 0 Å². The lowest BCUT2D eigenvalue weighted by atomic mass is 10.0. The van der Waals surface area contributed by atoms with Crippen molar-refractivity contribution in [1.29, 1.82) is 0 Å². The third-order valence-corrected chi connectivity index (χ3v) is 14.4. The van der Waals surface area contributed by atoms with Crippen molar-refractivity contribution in [3.05, 3.63) is 72.9 Å². The maximum absolute atomic E-state index is 12.9. The summed E-state index contributed by atoms with van der Waals surface area (Å²) >= 11 is 0. The zero-order chi connectivity index (χ0) is 55.0. The number of ether oxygens (including phenoxy) is 3. The van der Waals surface area contributed by atoms with E-state index in [1.54, 1.807) is 0 Å². The van der Waals surface area contributed by atoms with Crippen LogP contribution in [0, 0.1) is 0 Å². The van der Waals surface area contributed by atoms with Crippen LogP contribution in [0.15, 0.2) is 72.9 Å².